The SMILES string of the molecule is CC(CO)NCc1ccccc1-n1cccn1. The summed E-state index contributed by atoms with van der Waals surface area (Å²) < 4.78 is 1.85. The summed E-state index contributed by atoms with van der Waals surface area (Å²) in [4.78, 5) is 0. The van der Waals surface area contributed by atoms with E-state index in [-0.39, 0.29) is 12.6 Å². The molecule has 4 nitrogen and oxygen atoms in total. The van der Waals surface area contributed by atoms with E-state index in [1.807, 2.05) is 42.1 Å². The van der Waals surface area contributed by atoms with E-state index in [1.165, 1.54) is 0 Å². The van der Waals surface area contributed by atoms with Crippen molar-refractivity contribution in [3.63, 3.8) is 0 Å². The molecule has 90 valence electrons. The molecule has 2 aromatic rings. The van der Waals surface area contributed by atoms with Crippen molar-refractivity contribution < 1.29 is 5.11 Å². The Bertz CT molecular complexity index is 453. The lowest BCUT2D eigenvalue weighted by atomic mass is 10.1. The second-order valence-electron chi connectivity index (χ2n) is 4.04. The monoisotopic (exact) mass is 231 g/mol. The predicted molar refractivity (Wildman–Crippen MR) is 67.0 cm³/mol. The second kappa shape index (κ2) is 5.61. The Morgan fingerprint density at radius 1 is 1.35 bits per heavy atom. The zero-order valence-electron chi connectivity index (χ0n) is 9.87. The van der Waals surface area contributed by atoms with E-state index in [0.29, 0.717) is 0 Å². The van der Waals surface area contributed by atoms with Gasteiger partial charge in [-0.15, -0.1) is 0 Å². The van der Waals surface area contributed by atoms with E-state index in [2.05, 4.69) is 16.5 Å². The van der Waals surface area contributed by atoms with Crippen LogP contribution in [0.2, 0.25) is 0 Å². The maximum absolute atomic E-state index is 8.99. The van der Waals surface area contributed by atoms with Crippen molar-refractivity contribution in [1.29, 1.82) is 0 Å². The maximum atomic E-state index is 8.99. The van der Waals surface area contributed by atoms with E-state index in [4.69, 9.17) is 5.11 Å². The van der Waals surface area contributed by atoms with Crippen molar-refractivity contribution in [2.75, 3.05) is 6.61 Å². The van der Waals surface area contributed by atoms with Gasteiger partial charge in [0, 0.05) is 25.0 Å². The number of aliphatic hydroxyl groups excluding tert-OH is 1. The Morgan fingerprint density at radius 3 is 2.88 bits per heavy atom. The third kappa shape index (κ3) is 2.93. The highest BCUT2D eigenvalue weighted by atomic mass is 16.3. The number of hydrogen-bond donors (Lipinski definition) is 2. The number of aliphatic hydroxyl groups is 1. The van der Waals surface area contributed by atoms with Crippen LogP contribution in [0.4, 0.5) is 0 Å². The van der Waals surface area contributed by atoms with Crippen LogP contribution in [-0.4, -0.2) is 27.5 Å². The molecule has 4 heteroatoms. The van der Waals surface area contributed by atoms with E-state index in [0.717, 1.165) is 17.8 Å². The third-order valence-corrected chi connectivity index (χ3v) is 2.66. The molecule has 0 amide bonds. The number of nitrogens with one attached hydrogen (secondary N) is 1. The van der Waals surface area contributed by atoms with Gasteiger partial charge in [0.15, 0.2) is 0 Å². The normalized spacial score (nSPS) is 12.6. The lowest BCUT2D eigenvalue weighted by Crippen LogP contribution is -2.29. The van der Waals surface area contributed by atoms with Crippen molar-refractivity contribution in [1.82, 2.24) is 15.1 Å². The van der Waals surface area contributed by atoms with Gasteiger partial charge in [0.2, 0.25) is 0 Å². The molecule has 0 bridgehead atoms. The van der Waals surface area contributed by atoms with Crippen LogP contribution in [0.25, 0.3) is 5.69 Å². The fraction of sp³-hybridized carbons (Fsp3) is 0.308. The first kappa shape index (κ1) is 11.8. The topological polar surface area (TPSA) is 50.1 Å². The molecule has 0 aliphatic rings. The molecule has 1 atom stereocenters. The molecule has 1 aromatic carbocycles. The summed E-state index contributed by atoms with van der Waals surface area (Å²) in [6.45, 7) is 2.82. The molecule has 17 heavy (non-hydrogen) atoms. The highest BCUT2D eigenvalue weighted by molar-refractivity contribution is 5.40. The van der Waals surface area contributed by atoms with Gasteiger partial charge in [-0.3, -0.25) is 0 Å². The van der Waals surface area contributed by atoms with Crippen LogP contribution >= 0.6 is 0 Å². The first-order chi connectivity index (χ1) is 8.31. The average molecular weight is 231 g/mol. The molecule has 1 unspecified atom stereocenters. The number of hydrogen-bond acceptors (Lipinski definition) is 3. The van der Waals surface area contributed by atoms with Crippen LogP contribution in [0.3, 0.4) is 0 Å². The van der Waals surface area contributed by atoms with Crippen molar-refractivity contribution in [2.45, 2.75) is 19.5 Å². The minimum atomic E-state index is 0.0978. The molecule has 0 radical (unpaired) electrons. The number of para-hydroxylation sites is 1. The third-order valence-electron chi connectivity index (χ3n) is 2.66. The van der Waals surface area contributed by atoms with Gasteiger partial charge in [-0.2, -0.15) is 5.10 Å². The molecular formula is C13H17N3O. The van der Waals surface area contributed by atoms with Crippen molar-refractivity contribution >= 4 is 0 Å². The van der Waals surface area contributed by atoms with Crippen LogP contribution in [0.1, 0.15) is 12.5 Å². The lowest BCUT2D eigenvalue weighted by molar-refractivity contribution is 0.251. The molecule has 0 spiro atoms. The van der Waals surface area contributed by atoms with Crippen LogP contribution in [-0.2, 0) is 6.54 Å². The van der Waals surface area contributed by atoms with Crippen LogP contribution in [0.5, 0.6) is 0 Å². The van der Waals surface area contributed by atoms with Gasteiger partial charge < -0.3 is 10.4 Å². The Kier molecular flexibility index (Phi) is 3.90. The van der Waals surface area contributed by atoms with E-state index in [9.17, 15) is 0 Å². The van der Waals surface area contributed by atoms with Crippen LogP contribution in [0, 0.1) is 0 Å². The summed E-state index contributed by atoms with van der Waals surface area (Å²) in [5, 5.41) is 16.5. The fourth-order valence-electron chi connectivity index (χ4n) is 1.64. The number of aromatic nitrogens is 2. The zero-order valence-corrected chi connectivity index (χ0v) is 9.87. The number of nitrogens with zero attached hydrogens (tertiary/aromatic N) is 2. The quantitative estimate of drug-likeness (QED) is 0.816. The Morgan fingerprint density at radius 2 is 2.18 bits per heavy atom. The van der Waals surface area contributed by atoms with Gasteiger partial charge in [0.25, 0.3) is 0 Å². The molecule has 1 aromatic heterocycles. The maximum Gasteiger partial charge on any atom is 0.0690 e. The van der Waals surface area contributed by atoms with Gasteiger partial charge in [-0.1, -0.05) is 18.2 Å². The van der Waals surface area contributed by atoms with Crippen LogP contribution < -0.4 is 5.32 Å². The van der Waals surface area contributed by atoms with Gasteiger partial charge in [-0.05, 0) is 24.6 Å². The summed E-state index contributed by atoms with van der Waals surface area (Å²) in [6.07, 6.45) is 3.69. The fourth-order valence-corrected chi connectivity index (χ4v) is 1.64. The van der Waals surface area contributed by atoms with Crippen LogP contribution in [0.15, 0.2) is 42.7 Å². The molecule has 0 aliphatic carbocycles. The Hall–Kier alpha value is -1.65. The summed E-state index contributed by atoms with van der Waals surface area (Å²) in [6, 6.07) is 10.1. The van der Waals surface area contributed by atoms with Gasteiger partial charge >= 0.3 is 0 Å². The highest BCUT2D eigenvalue weighted by Gasteiger charge is 2.05. The minimum absolute atomic E-state index is 0.0978. The van der Waals surface area contributed by atoms with Crippen molar-refractivity contribution in [3.8, 4) is 5.69 Å². The molecule has 2 rings (SSSR count). The molecule has 1 heterocycles. The summed E-state index contributed by atoms with van der Waals surface area (Å²) >= 11 is 0. The Labute approximate surface area is 101 Å². The van der Waals surface area contributed by atoms with E-state index >= 15 is 0 Å². The smallest absolute Gasteiger partial charge is 0.0690 e. The summed E-state index contributed by atoms with van der Waals surface area (Å²) in [7, 11) is 0. The van der Waals surface area contributed by atoms with Gasteiger partial charge in [0.1, 0.15) is 0 Å². The first-order valence-corrected chi connectivity index (χ1v) is 5.73. The predicted octanol–water partition coefficient (Wildman–Crippen LogP) is 1.34. The van der Waals surface area contributed by atoms with Crippen molar-refractivity contribution in [2.24, 2.45) is 0 Å². The average Bonchev–Trinajstić information content (AvgIpc) is 2.90. The number of rotatable bonds is 5. The second-order valence-corrected chi connectivity index (χ2v) is 4.04. The van der Waals surface area contributed by atoms with E-state index in [1.54, 1.807) is 6.20 Å². The molecular weight excluding hydrogens is 214 g/mol. The summed E-state index contributed by atoms with van der Waals surface area (Å²) in [5.74, 6) is 0. The van der Waals surface area contributed by atoms with E-state index < -0.39 is 0 Å². The zero-order chi connectivity index (χ0) is 12.1. The highest BCUT2D eigenvalue weighted by Crippen LogP contribution is 2.13. The molecule has 0 aliphatic heterocycles. The standard InChI is InChI=1S/C13H17N3O/c1-11(10-17)14-9-12-5-2-3-6-13(12)16-8-4-7-15-16/h2-8,11,14,17H,9-10H2,1H3. The molecule has 2 N–H and O–H groups in total. The molecule has 0 fully saturated rings. The summed E-state index contributed by atoms with van der Waals surface area (Å²) in [5.41, 5.74) is 2.23. The van der Waals surface area contributed by atoms with Crippen molar-refractivity contribution in [3.05, 3.63) is 48.3 Å². The first-order valence-electron chi connectivity index (χ1n) is 5.73. The molecule has 0 saturated carbocycles. The number of benzene rings is 1. The Balaban J connectivity index is 2.17. The largest absolute Gasteiger partial charge is 0.395 e. The minimum Gasteiger partial charge on any atom is -0.395 e. The van der Waals surface area contributed by atoms with Gasteiger partial charge in [-0.25, -0.2) is 4.68 Å². The molecule has 0 saturated heterocycles. The van der Waals surface area contributed by atoms with Gasteiger partial charge in [0.05, 0.1) is 12.3 Å². The lowest BCUT2D eigenvalue weighted by Gasteiger charge is -2.13.